The molecular weight excluding hydrogens is 224 g/mol. The zero-order valence-electron chi connectivity index (χ0n) is 10.8. The molecule has 0 aromatic carbocycles. The fourth-order valence-electron chi connectivity index (χ4n) is 1.29. The first kappa shape index (κ1) is 15.4. The second kappa shape index (κ2) is 6.88. The molecule has 0 spiro atoms. The average Bonchev–Trinajstić information content (AvgIpc) is 2.16. The van der Waals surface area contributed by atoms with Crippen molar-refractivity contribution in [3.63, 3.8) is 0 Å². The molecule has 6 heteroatoms. The standard InChI is InChI=1S/C11H20N2O4/c1-8(2)13(6-5-11(16)17)10(15)7-12(4)9(3)14/h8H,5-7H2,1-4H3,(H,16,17). The van der Waals surface area contributed by atoms with Crippen LogP contribution in [0.2, 0.25) is 0 Å². The molecule has 0 aliphatic carbocycles. The van der Waals surface area contributed by atoms with Gasteiger partial charge in [0.1, 0.15) is 0 Å². The third-order valence-electron chi connectivity index (χ3n) is 2.42. The number of likely N-dealkylation sites (N-methyl/N-ethyl adjacent to an activating group) is 1. The lowest BCUT2D eigenvalue weighted by Crippen LogP contribution is -2.44. The molecule has 0 saturated carbocycles. The van der Waals surface area contributed by atoms with Crippen LogP contribution >= 0.6 is 0 Å². The normalized spacial score (nSPS) is 10.2. The Kier molecular flexibility index (Phi) is 6.23. The minimum absolute atomic E-state index is 0.0207. The highest BCUT2D eigenvalue weighted by Gasteiger charge is 2.19. The summed E-state index contributed by atoms with van der Waals surface area (Å²) in [4.78, 5) is 36.1. The van der Waals surface area contributed by atoms with Crippen LogP contribution in [0, 0.1) is 0 Å². The van der Waals surface area contributed by atoms with Crippen LogP contribution in [-0.2, 0) is 14.4 Å². The van der Waals surface area contributed by atoms with Crippen molar-refractivity contribution in [1.82, 2.24) is 9.80 Å². The van der Waals surface area contributed by atoms with Gasteiger partial charge in [0.2, 0.25) is 11.8 Å². The fraction of sp³-hybridized carbons (Fsp3) is 0.727. The van der Waals surface area contributed by atoms with Gasteiger partial charge in [0.15, 0.2) is 0 Å². The van der Waals surface area contributed by atoms with Gasteiger partial charge < -0.3 is 14.9 Å². The molecule has 0 aliphatic heterocycles. The minimum Gasteiger partial charge on any atom is -0.481 e. The van der Waals surface area contributed by atoms with E-state index in [1.54, 1.807) is 0 Å². The SMILES string of the molecule is CC(=O)N(C)CC(=O)N(CCC(=O)O)C(C)C. The third kappa shape index (κ3) is 5.89. The lowest BCUT2D eigenvalue weighted by atomic mass is 10.2. The summed E-state index contributed by atoms with van der Waals surface area (Å²) in [6, 6.07) is -0.0813. The van der Waals surface area contributed by atoms with Crippen molar-refractivity contribution in [3.8, 4) is 0 Å². The van der Waals surface area contributed by atoms with E-state index in [1.807, 2.05) is 13.8 Å². The quantitative estimate of drug-likeness (QED) is 0.722. The van der Waals surface area contributed by atoms with Gasteiger partial charge in [-0.1, -0.05) is 0 Å². The lowest BCUT2D eigenvalue weighted by Gasteiger charge is -2.28. The molecule has 0 bridgehead atoms. The molecule has 0 radical (unpaired) electrons. The topological polar surface area (TPSA) is 77.9 Å². The molecule has 0 unspecified atom stereocenters. The van der Waals surface area contributed by atoms with Gasteiger partial charge in [0.05, 0.1) is 13.0 Å². The van der Waals surface area contributed by atoms with E-state index in [1.165, 1.54) is 23.8 Å². The fourth-order valence-corrected chi connectivity index (χ4v) is 1.29. The van der Waals surface area contributed by atoms with Gasteiger partial charge in [-0.2, -0.15) is 0 Å². The lowest BCUT2D eigenvalue weighted by molar-refractivity contribution is -0.142. The van der Waals surface area contributed by atoms with Crippen LogP contribution in [0.3, 0.4) is 0 Å². The molecule has 0 aromatic heterocycles. The van der Waals surface area contributed by atoms with Crippen LogP contribution in [0.4, 0.5) is 0 Å². The summed E-state index contributed by atoms with van der Waals surface area (Å²) in [7, 11) is 1.54. The molecule has 0 aliphatic rings. The molecule has 0 atom stereocenters. The van der Waals surface area contributed by atoms with Crippen molar-refractivity contribution in [1.29, 1.82) is 0 Å². The van der Waals surface area contributed by atoms with Crippen LogP contribution in [0.15, 0.2) is 0 Å². The number of carboxylic acids is 1. The van der Waals surface area contributed by atoms with Crippen molar-refractivity contribution in [3.05, 3.63) is 0 Å². The van der Waals surface area contributed by atoms with E-state index < -0.39 is 5.97 Å². The molecule has 0 fully saturated rings. The van der Waals surface area contributed by atoms with E-state index in [4.69, 9.17) is 5.11 Å². The first-order valence-electron chi connectivity index (χ1n) is 5.48. The average molecular weight is 244 g/mol. The van der Waals surface area contributed by atoms with Crippen molar-refractivity contribution >= 4 is 17.8 Å². The van der Waals surface area contributed by atoms with Crippen molar-refractivity contribution in [2.45, 2.75) is 33.2 Å². The maximum atomic E-state index is 11.9. The van der Waals surface area contributed by atoms with Crippen molar-refractivity contribution < 1.29 is 19.5 Å². The zero-order valence-corrected chi connectivity index (χ0v) is 10.8. The predicted molar refractivity (Wildman–Crippen MR) is 62.4 cm³/mol. The van der Waals surface area contributed by atoms with Gasteiger partial charge in [-0.25, -0.2) is 0 Å². The van der Waals surface area contributed by atoms with Gasteiger partial charge in [-0.05, 0) is 13.8 Å². The summed E-state index contributed by atoms with van der Waals surface area (Å²) in [5.41, 5.74) is 0. The Hall–Kier alpha value is -1.59. The molecule has 1 N–H and O–H groups in total. The number of rotatable bonds is 6. The van der Waals surface area contributed by atoms with Crippen LogP contribution < -0.4 is 0 Å². The Bertz CT molecular complexity index is 302. The van der Waals surface area contributed by atoms with E-state index >= 15 is 0 Å². The molecule has 2 amide bonds. The van der Waals surface area contributed by atoms with Gasteiger partial charge in [0.25, 0.3) is 0 Å². The second-order valence-electron chi connectivity index (χ2n) is 4.20. The first-order chi connectivity index (χ1) is 7.75. The maximum absolute atomic E-state index is 11.9. The number of hydrogen-bond acceptors (Lipinski definition) is 3. The number of amides is 2. The molecule has 0 saturated heterocycles. The van der Waals surface area contributed by atoms with Crippen LogP contribution in [0.25, 0.3) is 0 Å². The van der Waals surface area contributed by atoms with Crippen molar-refractivity contribution in [2.24, 2.45) is 0 Å². The van der Waals surface area contributed by atoms with Crippen LogP contribution in [0.1, 0.15) is 27.2 Å². The summed E-state index contributed by atoms with van der Waals surface area (Å²) in [5.74, 6) is -1.37. The maximum Gasteiger partial charge on any atom is 0.305 e. The summed E-state index contributed by atoms with van der Waals surface area (Å²) < 4.78 is 0. The molecule has 17 heavy (non-hydrogen) atoms. The Morgan fingerprint density at radius 2 is 1.76 bits per heavy atom. The molecular formula is C11H20N2O4. The highest BCUT2D eigenvalue weighted by molar-refractivity contribution is 5.84. The zero-order chi connectivity index (χ0) is 13.6. The number of carbonyl (C=O) groups excluding carboxylic acids is 2. The van der Waals surface area contributed by atoms with Crippen molar-refractivity contribution in [2.75, 3.05) is 20.1 Å². The van der Waals surface area contributed by atoms with Gasteiger partial charge in [-0.3, -0.25) is 14.4 Å². The minimum atomic E-state index is -0.941. The van der Waals surface area contributed by atoms with E-state index in [-0.39, 0.29) is 37.4 Å². The molecule has 98 valence electrons. The molecule has 6 nitrogen and oxygen atoms in total. The Morgan fingerprint density at radius 1 is 1.24 bits per heavy atom. The summed E-state index contributed by atoms with van der Waals surface area (Å²) in [6.07, 6.45) is -0.0896. The number of nitrogens with zero attached hydrogens (tertiary/aromatic N) is 2. The van der Waals surface area contributed by atoms with Crippen LogP contribution in [0.5, 0.6) is 0 Å². The molecule has 0 aromatic rings. The third-order valence-corrected chi connectivity index (χ3v) is 2.42. The van der Waals surface area contributed by atoms with Gasteiger partial charge >= 0.3 is 5.97 Å². The Labute approximate surface area is 101 Å². The van der Waals surface area contributed by atoms with Gasteiger partial charge in [-0.15, -0.1) is 0 Å². The summed E-state index contributed by atoms with van der Waals surface area (Å²) in [5, 5.41) is 8.59. The number of carboxylic acid groups (broad SMARTS) is 1. The van der Waals surface area contributed by atoms with E-state index in [0.717, 1.165) is 0 Å². The smallest absolute Gasteiger partial charge is 0.305 e. The highest BCUT2D eigenvalue weighted by atomic mass is 16.4. The number of carbonyl (C=O) groups is 3. The van der Waals surface area contributed by atoms with E-state index in [9.17, 15) is 14.4 Å². The predicted octanol–water partition coefficient (Wildman–Crippen LogP) is 0.176. The second-order valence-corrected chi connectivity index (χ2v) is 4.20. The molecule has 0 heterocycles. The summed E-state index contributed by atoms with van der Waals surface area (Å²) in [6.45, 7) is 5.15. The Balaban J connectivity index is 4.44. The Morgan fingerprint density at radius 3 is 2.12 bits per heavy atom. The summed E-state index contributed by atoms with van der Waals surface area (Å²) >= 11 is 0. The van der Waals surface area contributed by atoms with Crippen LogP contribution in [-0.4, -0.2) is 58.9 Å². The largest absolute Gasteiger partial charge is 0.481 e. The molecule has 0 rings (SSSR count). The van der Waals surface area contributed by atoms with E-state index in [0.29, 0.717) is 0 Å². The first-order valence-corrected chi connectivity index (χ1v) is 5.48. The van der Waals surface area contributed by atoms with E-state index in [2.05, 4.69) is 0 Å². The van der Waals surface area contributed by atoms with Gasteiger partial charge in [0, 0.05) is 26.6 Å². The highest BCUT2D eigenvalue weighted by Crippen LogP contribution is 2.02. The monoisotopic (exact) mass is 244 g/mol. The number of aliphatic carboxylic acids is 1. The number of hydrogen-bond donors (Lipinski definition) is 1.